The summed E-state index contributed by atoms with van der Waals surface area (Å²) in [6, 6.07) is 0. The Labute approximate surface area is 308 Å². The van der Waals surface area contributed by atoms with Crippen LogP contribution in [0, 0.1) is 93.2 Å². The minimum absolute atomic E-state index is 0.308. The number of rotatable bonds is 5. The van der Waals surface area contributed by atoms with Crippen molar-refractivity contribution in [1.29, 1.82) is 0 Å². The molecule has 0 amide bonds. The smallest absolute Gasteiger partial charge is 0.0638 e. The van der Waals surface area contributed by atoms with E-state index in [9.17, 15) is 0 Å². The van der Waals surface area contributed by atoms with Crippen LogP contribution in [0.15, 0.2) is 0 Å². The lowest BCUT2D eigenvalue weighted by Gasteiger charge is -2.55. The van der Waals surface area contributed by atoms with Crippen molar-refractivity contribution in [3.05, 3.63) is 0 Å². The standard InChI is InChI=1S/C47H86OSi/c1-29-26-37-35(31-18-22-33(23-19-31)45(3,4)5)16-15-17-36(37)43(29)49(13,14)44-30(2)27-38-39(44)28-40(47(9,10)11)42(48-12)41(38)32-20-24-34(25-21-32)46(6,7)8/h29-44H,15-28H2,1-14H3/t29?,30?,31?,32?,33?,34?,35-,36?,37?,38?,39?,40?,41-,42?,43?,44?/m1/s1. The zero-order chi connectivity index (χ0) is 35.8. The van der Waals surface area contributed by atoms with E-state index >= 15 is 0 Å². The van der Waals surface area contributed by atoms with E-state index in [-0.39, 0.29) is 0 Å². The third-order valence-corrected chi connectivity index (χ3v) is 23.6. The molecule has 6 saturated carbocycles. The molecule has 6 aliphatic carbocycles. The van der Waals surface area contributed by atoms with E-state index in [0.717, 1.165) is 82.1 Å². The predicted molar refractivity (Wildman–Crippen MR) is 215 cm³/mol. The molecule has 1 nitrogen and oxygen atoms in total. The highest BCUT2D eigenvalue weighted by atomic mass is 28.3. The normalized spacial score (nSPS) is 47.1. The molecule has 0 aromatic rings. The summed E-state index contributed by atoms with van der Waals surface area (Å²) in [5, 5.41) is 0. The van der Waals surface area contributed by atoms with Crippen molar-refractivity contribution in [3.8, 4) is 0 Å². The minimum atomic E-state index is -1.57. The van der Waals surface area contributed by atoms with Crippen LogP contribution < -0.4 is 0 Å². The van der Waals surface area contributed by atoms with Crippen LogP contribution in [0.2, 0.25) is 24.2 Å². The molecule has 6 rings (SSSR count). The van der Waals surface area contributed by atoms with Gasteiger partial charge in [-0.05, 0) is 181 Å². The monoisotopic (exact) mass is 695 g/mol. The summed E-state index contributed by atoms with van der Waals surface area (Å²) in [6.07, 6.45) is 21.5. The van der Waals surface area contributed by atoms with Gasteiger partial charge < -0.3 is 4.74 Å². The first kappa shape index (κ1) is 38.9. The number of fused-ring (bicyclic) bond motifs is 2. The largest absolute Gasteiger partial charge is 0.381 e. The molecule has 0 bridgehead atoms. The minimum Gasteiger partial charge on any atom is -0.381 e. The van der Waals surface area contributed by atoms with Gasteiger partial charge >= 0.3 is 0 Å². The van der Waals surface area contributed by atoms with E-state index in [0.29, 0.717) is 28.3 Å². The Bertz CT molecular complexity index is 1090. The second kappa shape index (κ2) is 14.1. The molecule has 12 atom stereocenters. The summed E-state index contributed by atoms with van der Waals surface area (Å²) in [7, 11) is 0.527. The van der Waals surface area contributed by atoms with Gasteiger partial charge in [0.25, 0.3) is 0 Å². The zero-order valence-corrected chi connectivity index (χ0v) is 36.5. The van der Waals surface area contributed by atoms with Gasteiger partial charge in [-0.1, -0.05) is 102 Å². The van der Waals surface area contributed by atoms with E-state index in [1.165, 1.54) is 70.6 Å². The molecule has 6 aliphatic rings. The topological polar surface area (TPSA) is 9.23 Å². The van der Waals surface area contributed by atoms with Gasteiger partial charge in [-0.3, -0.25) is 0 Å². The third-order valence-electron chi connectivity index (χ3n) is 18.2. The Balaban J connectivity index is 1.25. The molecule has 49 heavy (non-hydrogen) atoms. The Hall–Kier alpha value is 0.177. The molecule has 0 aromatic carbocycles. The Morgan fingerprint density at radius 1 is 0.490 bits per heavy atom. The van der Waals surface area contributed by atoms with Crippen LogP contribution >= 0.6 is 0 Å². The Kier molecular flexibility index (Phi) is 11.2. The van der Waals surface area contributed by atoms with Crippen molar-refractivity contribution >= 4 is 8.07 Å². The molecule has 0 N–H and O–H groups in total. The number of hydrogen-bond acceptors (Lipinski definition) is 1. The van der Waals surface area contributed by atoms with Crippen molar-refractivity contribution in [3.63, 3.8) is 0 Å². The lowest BCUT2D eigenvalue weighted by atomic mass is 9.55. The first-order valence-electron chi connectivity index (χ1n) is 22.3. The lowest BCUT2D eigenvalue weighted by molar-refractivity contribution is -0.119. The van der Waals surface area contributed by atoms with Crippen LogP contribution in [0.25, 0.3) is 0 Å². The molecule has 0 aliphatic heterocycles. The summed E-state index contributed by atoms with van der Waals surface area (Å²) < 4.78 is 6.75. The highest BCUT2D eigenvalue weighted by Crippen LogP contribution is 2.69. The van der Waals surface area contributed by atoms with Gasteiger partial charge in [0.15, 0.2) is 0 Å². The molecule has 0 radical (unpaired) electrons. The van der Waals surface area contributed by atoms with Gasteiger partial charge in [-0.25, -0.2) is 0 Å². The maximum absolute atomic E-state index is 6.75. The fourth-order valence-electron chi connectivity index (χ4n) is 16.2. The van der Waals surface area contributed by atoms with E-state index in [2.05, 4.69) is 96.4 Å². The van der Waals surface area contributed by atoms with Crippen LogP contribution in [0.3, 0.4) is 0 Å². The summed E-state index contributed by atoms with van der Waals surface area (Å²) in [5.41, 5.74) is 3.31. The van der Waals surface area contributed by atoms with Crippen LogP contribution in [-0.4, -0.2) is 21.3 Å². The first-order chi connectivity index (χ1) is 22.7. The molecule has 6 fully saturated rings. The van der Waals surface area contributed by atoms with Gasteiger partial charge in [-0.2, -0.15) is 0 Å². The molecule has 0 spiro atoms. The average Bonchev–Trinajstić information content (AvgIpc) is 3.54. The molecule has 0 aromatic heterocycles. The van der Waals surface area contributed by atoms with Crippen molar-refractivity contribution in [2.45, 2.75) is 196 Å². The molecule has 2 heteroatoms. The number of hydrogen-bond donors (Lipinski definition) is 0. The van der Waals surface area contributed by atoms with Crippen molar-refractivity contribution in [1.82, 2.24) is 0 Å². The van der Waals surface area contributed by atoms with Crippen molar-refractivity contribution in [2.75, 3.05) is 7.11 Å². The molecule has 10 unspecified atom stereocenters. The van der Waals surface area contributed by atoms with E-state index in [1.807, 2.05) is 0 Å². The zero-order valence-electron chi connectivity index (χ0n) is 35.5. The van der Waals surface area contributed by atoms with Gasteiger partial charge in [0.1, 0.15) is 0 Å². The molecule has 0 saturated heterocycles. The summed E-state index contributed by atoms with van der Waals surface area (Å²) in [4.78, 5) is 0. The van der Waals surface area contributed by atoms with E-state index < -0.39 is 8.07 Å². The van der Waals surface area contributed by atoms with E-state index in [1.54, 1.807) is 19.3 Å². The summed E-state index contributed by atoms with van der Waals surface area (Å²) in [6.45, 7) is 34.2. The SMILES string of the molecule is COC1C(C(C)(C)C)CC2C(CC(C)C2[Si](C)(C)C2C(C)CC3C2CCC[C@@H]3C2CCC(C(C)(C)C)CC2)[C@H]1C1CCC(C(C)(C)C)CC1. The predicted octanol–water partition coefficient (Wildman–Crippen LogP) is 14.2. The quantitative estimate of drug-likeness (QED) is 0.260. The van der Waals surface area contributed by atoms with Crippen molar-refractivity contribution < 1.29 is 4.74 Å². The molecule has 0 heterocycles. The first-order valence-corrected chi connectivity index (χ1v) is 25.4. The maximum Gasteiger partial charge on any atom is 0.0638 e. The van der Waals surface area contributed by atoms with Gasteiger partial charge in [0, 0.05) is 7.11 Å². The average molecular weight is 695 g/mol. The second-order valence-corrected chi connectivity index (χ2v) is 29.0. The van der Waals surface area contributed by atoms with Gasteiger partial charge in [0.05, 0.1) is 14.2 Å². The van der Waals surface area contributed by atoms with Crippen LogP contribution in [0.1, 0.15) is 166 Å². The number of methoxy groups -OCH3 is 1. The van der Waals surface area contributed by atoms with Crippen LogP contribution in [-0.2, 0) is 4.74 Å². The van der Waals surface area contributed by atoms with Crippen LogP contribution in [0.5, 0.6) is 0 Å². The van der Waals surface area contributed by atoms with Gasteiger partial charge in [0.2, 0.25) is 0 Å². The number of ether oxygens (including phenoxy) is 1. The second-order valence-electron chi connectivity index (χ2n) is 24.0. The third kappa shape index (κ3) is 7.36. The highest BCUT2D eigenvalue weighted by Gasteiger charge is 2.63. The fraction of sp³-hybridized carbons (Fsp3) is 1.00. The summed E-state index contributed by atoms with van der Waals surface area (Å²) in [5.74, 6) is 12.0. The Morgan fingerprint density at radius 3 is 1.45 bits per heavy atom. The Morgan fingerprint density at radius 2 is 0.959 bits per heavy atom. The lowest BCUT2D eigenvalue weighted by Crippen LogP contribution is -2.54. The molecule has 284 valence electrons. The molecular formula is C47H86OSi. The summed E-state index contributed by atoms with van der Waals surface area (Å²) >= 11 is 0. The van der Waals surface area contributed by atoms with E-state index in [4.69, 9.17) is 4.74 Å². The molecular weight excluding hydrogens is 609 g/mol. The van der Waals surface area contributed by atoms with Crippen molar-refractivity contribution in [2.24, 2.45) is 93.2 Å². The van der Waals surface area contributed by atoms with Gasteiger partial charge in [-0.15, -0.1) is 0 Å². The fourth-order valence-corrected chi connectivity index (χ4v) is 22.9. The van der Waals surface area contributed by atoms with Crippen LogP contribution in [0.4, 0.5) is 0 Å². The highest BCUT2D eigenvalue weighted by molar-refractivity contribution is 6.80. The maximum atomic E-state index is 6.75.